The number of anilines is 1. The number of sulfonamides is 1. The van der Waals surface area contributed by atoms with Crippen LogP contribution < -0.4 is 10.0 Å². The van der Waals surface area contributed by atoms with E-state index < -0.39 is 15.9 Å². The third-order valence-corrected chi connectivity index (χ3v) is 6.01. The second-order valence-electron chi connectivity index (χ2n) is 5.92. The van der Waals surface area contributed by atoms with Gasteiger partial charge in [-0.2, -0.15) is 0 Å². The maximum atomic E-state index is 12.6. The van der Waals surface area contributed by atoms with Crippen LogP contribution in [0.4, 0.5) is 5.69 Å². The summed E-state index contributed by atoms with van der Waals surface area (Å²) in [5.74, 6) is -0.399. The summed E-state index contributed by atoms with van der Waals surface area (Å²) < 4.78 is 33.1. The Morgan fingerprint density at radius 3 is 2.70 bits per heavy atom. The molecule has 3 rings (SSSR count). The molecule has 0 bridgehead atoms. The first-order valence-electron chi connectivity index (χ1n) is 8.20. The molecule has 7 nitrogen and oxygen atoms in total. The van der Waals surface area contributed by atoms with Crippen molar-refractivity contribution in [3.63, 3.8) is 0 Å². The number of para-hydroxylation sites is 1. The molecule has 2 N–H and O–H groups in total. The second kappa shape index (κ2) is 8.43. The molecule has 27 heavy (non-hydrogen) atoms. The fraction of sp³-hybridized carbons (Fsp3) is 0.294. The van der Waals surface area contributed by atoms with Gasteiger partial charge in [0.1, 0.15) is 10.0 Å². The summed E-state index contributed by atoms with van der Waals surface area (Å²) in [6, 6.07) is 8.87. The molecule has 10 heteroatoms. The van der Waals surface area contributed by atoms with Gasteiger partial charge < -0.3 is 10.1 Å². The minimum Gasteiger partial charge on any atom is -0.376 e. The first-order valence-corrected chi connectivity index (χ1v) is 10.4. The van der Waals surface area contributed by atoms with Gasteiger partial charge in [0.25, 0.3) is 15.9 Å². The summed E-state index contributed by atoms with van der Waals surface area (Å²) in [5.41, 5.74) is 0.325. The number of hydrogen-bond donors (Lipinski definition) is 2. The van der Waals surface area contributed by atoms with Gasteiger partial charge in [-0.1, -0.05) is 35.3 Å². The van der Waals surface area contributed by atoms with Crippen molar-refractivity contribution in [2.24, 2.45) is 0 Å². The van der Waals surface area contributed by atoms with Crippen LogP contribution in [0.5, 0.6) is 0 Å². The molecule has 1 aliphatic heterocycles. The van der Waals surface area contributed by atoms with E-state index in [4.69, 9.17) is 27.9 Å². The first-order chi connectivity index (χ1) is 12.9. The first kappa shape index (κ1) is 19.9. The Bertz CT molecular complexity index is 947. The highest BCUT2D eigenvalue weighted by Crippen LogP contribution is 2.25. The molecule has 2 heterocycles. The van der Waals surface area contributed by atoms with Crippen molar-refractivity contribution in [3.05, 3.63) is 52.3 Å². The molecule has 2 aromatic rings. The van der Waals surface area contributed by atoms with Gasteiger partial charge >= 0.3 is 0 Å². The number of nitrogens with one attached hydrogen (secondary N) is 2. The zero-order chi connectivity index (χ0) is 19.4. The van der Waals surface area contributed by atoms with E-state index in [2.05, 4.69) is 15.0 Å². The van der Waals surface area contributed by atoms with E-state index in [1.54, 1.807) is 12.1 Å². The number of carbonyl (C=O) groups is 1. The molecule has 1 saturated heterocycles. The summed E-state index contributed by atoms with van der Waals surface area (Å²) in [7, 11) is -4.06. The van der Waals surface area contributed by atoms with Crippen molar-refractivity contribution in [1.82, 2.24) is 10.3 Å². The summed E-state index contributed by atoms with van der Waals surface area (Å²) in [6.07, 6.45) is 1.83. The molecule has 0 aliphatic carbocycles. The fourth-order valence-corrected chi connectivity index (χ4v) is 4.42. The number of pyridine rings is 1. The molecule has 1 amide bonds. The standard InChI is InChI=1S/C17H17Cl2N3O4S/c18-15-8-7-14(16(19)21-15)27(24,25)22-13-6-2-1-5-12(13)17(23)20-10-11-4-3-9-26-11/h1-2,5-8,11,22H,3-4,9-10H2,(H,20,23). The molecule has 1 atom stereocenters. The molecular weight excluding hydrogens is 413 g/mol. The fourth-order valence-electron chi connectivity index (χ4n) is 2.68. The van der Waals surface area contributed by atoms with Crippen LogP contribution in [0.3, 0.4) is 0 Å². The highest BCUT2D eigenvalue weighted by molar-refractivity contribution is 7.92. The molecule has 1 aromatic heterocycles. The minimum atomic E-state index is -4.06. The van der Waals surface area contributed by atoms with Crippen LogP contribution in [0.25, 0.3) is 0 Å². The number of rotatable bonds is 6. The maximum absolute atomic E-state index is 12.6. The van der Waals surface area contributed by atoms with Gasteiger partial charge in [0.2, 0.25) is 0 Å². The van der Waals surface area contributed by atoms with Gasteiger partial charge in [-0.3, -0.25) is 9.52 Å². The Labute approximate surface area is 167 Å². The van der Waals surface area contributed by atoms with Gasteiger partial charge in [-0.15, -0.1) is 0 Å². The van der Waals surface area contributed by atoms with E-state index in [0.29, 0.717) is 13.2 Å². The number of aromatic nitrogens is 1. The predicted molar refractivity (Wildman–Crippen MR) is 103 cm³/mol. The van der Waals surface area contributed by atoms with E-state index >= 15 is 0 Å². The highest BCUT2D eigenvalue weighted by atomic mass is 35.5. The molecule has 0 saturated carbocycles. The van der Waals surface area contributed by atoms with Crippen LogP contribution in [0.1, 0.15) is 23.2 Å². The number of benzene rings is 1. The van der Waals surface area contributed by atoms with Crippen LogP contribution in [0.2, 0.25) is 10.3 Å². The third-order valence-electron chi connectivity index (χ3n) is 4.00. The van der Waals surface area contributed by atoms with Gasteiger partial charge in [0.15, 0.2) is 5.15 Å². The summed E-state index contributed by atoms with van der Waals surface area (Å²) in [6.45, 7) is 1.06. The van der Waals surface area contributed by atoms with Gasteiger partial charge in [-0.05, 0) is 37.1 Å². The van der Waals surface area contributed by atoms with E-state index in [1.807, 2.05) is 0 Å². The average Bonchev–Trinajstić information content (AvgIpc) is 3.13. The summed E-state index contributed by atoms with van der Waals surface area (Å²) in [4.78, 5) is 16.0. The summed E-state index contributed by atoms with van der Waals surface area (Å²) >= 11 is 11.6. The van der Waals surface area contributed by atoms with Crippen molar-refractivity contribution in [2.45, 2.75) is 23.8 Å². The quantitative estimate of drug-likeness (QED) is 0.687. The Morgan fingerprint density at radius 1 is 1.22 bits per heavy atom. The van der Waals surface area contributed by atoms with E-state index in [9.17, 15) is 13.2 Å². The van der Waals surface area contributed by atoms with Crippen molar-refractivity contribution < 1.29 is 17.9 Å². The Balaban J connectivity index is 1.79. The lowest BCUT2D eigenvalue weighted by molar-refractivity contribution is 0.0858. The topological polar surface area (TPSA) is 97.4 Å². The maximum Gasteiger partial charge on any atom is 0.264 e. The largest absolute Gasteiger partial charge is 0.376 e. The van der Waals surface area contributed by atoms with E-state index in [1.165, 1.54) is 24.3 Å². The Kier molecular flexibility index (Phi) is 6.21. The molecule has 144 valence electrons. The van der Waals surface area contributed by atoms with Gasteiger partial charge in [0, 0.05) is 13.2 Å². The molecule has 0 radical (unpaired) electrons. The van der Waals surface area contributed by atoms with E-state index in [0.717, 1.165) is 12.8 Å². The number of hydrogen-bond acceptors (Lipinski definition) is 5. The normalized spacial score (nSPS) is 16.9. The van der Waals surface area contributed by atoms with Crippen molar-refractivity contribution >= 4 is 44.8 Å². The minimum absolute atomic E-state index is 0.0169. The average molecular weight is 430 g/mol. The van der Waals surface area contributed by atoms with Crippen molar-refractivity contribution in [1.29, 1.82) is 0 Å². The highest BCUT2D eigenvalue weighted by Gasteiger charge is 2.23. The van der Waals surface area contributed by atoms with Crippen molar-refractivity contribution in [2.75, 3.05) is 17.9 Å². The third kappa shape index (κ3) is 4.90. The van der Waals surface area contributed by atoms with Crippen LogP contribution in [0.15, 0.2) is 41.3 Å². The Hall–Kier alpha value is -1.87. The molecule has 0 spiro atoms. The monoisotopic (exact) mass is 429 g/mol. The number of amides is 1. The number of halogens is 2. The molecular formula is C17H17Cl2N3O4S. The lowest BCUT2D eigenvalue weighted by atomic mass is 10.1. The zero-order valence-electron chi connectivity index (χ0n) is 14.1. The van der Waals surface area contributed by atoms with Gasteiger partial charge in [-0.25, -0.2) is 13.4 Å². The summed E-state index contributed by atoms with van der Waals surface area (Å²) in [5, 5.41) is 2.59. The Morgan fingerprint density at radius 2 is 2.00 bits per heavy atom. The molecule has 1 aromatic carbocycles. The number of nitrogens with zero attached hydrogens (tertiary/aromatic N) is 1. The van der Waals surface area contributed by atoms with E-state index in [-0.39, 0.29) is 32.6 Å². The SMILES string of the molecule is O=C(NCC1CCCO1)c1ccccc1NS(=O)(=O)c1ccc(Cl)nc1Cl. The van der Waals surface area contributed by atoms with Crippen LogP contribution in [0, 0.1) is 0 Å². The second-order valence-corrected chi connectivity index (χ2v) is 8.32. The van der Waals surface area contributed by atoms with Crippen molar-refractivity contribution in [3.8, 4) is 0 Å². The number of ether oxygens (including phenoxy) is 1. The molecule has 1 fully saturated rings. The molecule has 1 aliphatic rings. The lowest BCUT2D eigenvalue weighted by Gasteiger charge is -2.15. The van der Waals surface area contributed by atoms with Crippen LogP contribution in [-0.4, -0.2) is 38.6 Å². The predicted octanol–water partition coefficient (Wildman–Crippen LogP) is 3.10. The molecule has 1 unspecified atom stereocenters. The van der Waals surface area contributed by atoms with Crippen LogP contribution in [-0.2, 0) is 14.8 Å². The van der Waals surface area contributed by atoms with Crippen LogP contribution >= 0.6 is 23.2 Å². The number of carbonyl (C=O) groups excluding carboxylic acids is 1. The van der Waals surface area contributed by atoms with Gasteiger partial charge in [0.05, 0.1) is 17.4 Å². The lowest BCUT2D eigenvalue weighted by Crippen LogP contribution is -2.32. The zero-order valence-corrected chi connectivity index (χ0v) is 16.4. The smallest absolute Gasteiger partial charge is 0.264 e.